The highest BCUT2D eigenvalue weighted by atomic mass is 35.5. The molecule has 0 radical (unpaired) electrons. The predicted molar refractivity (Wildman–Crippen MR) is 81.5 cm³/mol. The van der Waals surface area contributed by atoms with Gasteiger partial charge in [-0.25, -0.2) is 4.98 Å². The predicted octanol–water partition coefficient (Wildman–Crippen LogP) is 0.0356. The van der Waals surface area contributed by atoms with Crippen LogP contribution >= 0.6 is 11.6 Å². The fourth-order valence-corrected chi connectivity index (χ4v) is 2.26. The Labute approximate surface area is 133 Å². The maximum absolute atomic E-state index is 11.9. The fraction of sp³-hybridized carbons (Fsp3) is 0.500. The second-order valence-corrected chi connectivity index (χ2v) is 5.71. The number of pyridine rings is 1. The van der Waals surface area contributed by atoms with Gasteiger partial charge in [0.25, 0.3) is 0 Å². The van der Waals surface area contributed by atoms with Crippen LogP contribution in [0.5, 0.6) is 5.88 Å². The van der Waals surface area contributed by atoms with E-state index in [1.807, 2.05) is 6.92 Å². The topological polar surface area (TPSA) is 97.5 Å². The normalized spacial score (nSPS) is 20.8. The van der Waals surface area contributed by atoms with E-state index in [-0.39, 0.29) is 25.1 Å². The number of hydrogen-bond donors (Lipinski definition) is 2. The zero-order valence-corrected chi connectivity index (χ0v) is 13.0. The molecule has 3 N–H and O–H groups in total. The van der Waals surface area contributed by atoms with Crippen LogP contribution in [0.25, 0.3) is 0 Å². The largest absolute Gasteiger partial charge is 0.476 e. The number of nitrogens with zero attached hydrogens (tertiary/aromatic N) is 2. The van der Waals surface area contributed by atoms with Crippen molar-refractivity contribution in [1.82, 2.24) is 15.2 Å². The van der Waals surface area contributed by atoms with E-state index in [9.17, 15) is 9.59 Å². The van der Waals surface area contributed by atoms with Crippen molar-refractivity contribution in [2.24, 2.45) is 11.7 Å². The monoisotopic (exact) mass is 326 g/mol. The molecule has 1 aliphatic rings. The van der Waals surface area contributed by atoms with Gasteiger partial charge in [0, 0.05) is 31.4 Å². The number of amides is 2. The van der Waals surface area contributed by atoms with Gasteiger partial charge in [0.15, 0.2) is 0 Å². The summed E-state index contributed by atoms with van der Waals surface area (Å²) in [7, 11) is 0. The molecule has 2 amide bonds. The van der Waals surface area contributed by atoms with Crippen molar-refractivity contribution >= 4 is 23.4 Å². The van der Waals surface area contributed by atoms with Crippen LogP contribution in [0, 0.1) is 5.92 Å². The number of aromatic nitrogens is 1. The zero-order chi connectivity index (χ0) is 16.1. The number of ether oxygens (including phenoxy) is 1. The summed E-state index contributed by atoms with van der Waals surface area (Å²) < 4.78 is 5.32. The smallest absolute Gasteiger partial charge is 0.311 e. The van der Waals surface area contributed by atoms with E-state index in [0.29, 0.717) is 24.0 Å². The fourth-order valence-electron chi connectivity index (χ4n) is 2.14. The van der Waals surface area contributed by atoms with Crippen molar-refractivity contribution in [3.05, 3.63) is 23.4 Å². The highest BCUT2D eigenvalue weighted by Crippen LogP contribution is 2.14. The standard InChI is InChI=1S/C14H19ClN4O3/c1-9-7-19(8-11(9)16)14(21)13(20)17-4-5-22-12-3-2-10(15)6-18-12/h2-3,6,9,11H,4-5,7-8,16H2,1H3,(H,17,20)/t9-,11-/m1/s1. The van der Waals surface area contributed by atoms with Gasteiger partial charge in [-0.05, 0) is 12.0 Å². The van der Waals surface area contributed by atoms with Gasteiger partial charge in [0.2, 0.25) is 5.88 Å². The molecule has 0 aliphatic carbocycles. The number of rotatable bonds is 4. The first-order valence-corrected chi connectivity index (χ1v) is 7.42. The Morgan fingerprint density at radius 2 is 2.27 bits per heavy atom. The molecule has 1 aliphatic heterocycles. The Bertz CT molecular complexity index is 527. The molecule has 1 aromatic heterocycles. The van der Waals surface area contributed by atoms with Crippen LogP contribution in [-0.4, -0.2) is 54.0 Å². The quantitative estimate of drug-likeness (QED) is 0.601. The van der Waals surface area contributed by atoms with E-state index in [1.165, 1.54) is 11.1 Å². The molecule has 1 saturated heterocycles. The highest BCUT2D eigenvalue weighted by molar-refractivity contribution is 6.35. The van der Waals surface area contributed by atoms with Gasteiger partial charge in [-0.15, -0.1) is 0 Å². The van der Waals surface area contributed by atoms with Crippen molar-refractivity contribution in [2.75, 3.05) is 26.2 Å². The molecule has 0 saturated carbocycles. The van der Waals surface area contributed by atoms with E-state index < -0.39 is 11.8 Å². The molecular formula is C14H19ClN4O3. The zero-order valence-electron chi connectivity index (χ0n) is 12.3. The minimum absolute atomic E-state index is 0.0731. The van der Waals surface area contributed by atoms with Gasteiger partial charge < -0.3 is 20.7 Å². The summed E-state index contributed by atoms with van der Waals surface area (Å²) in [5.74, 6) is -0.584. The van der Waals surface area contributed by atoms with E-state index in [1.54, 1.807) is 12.1 Å². The lowest BCUT2D eigenvalue weighted by Gasteiger charge is -2.15. The molecular weight excluding hydrogens is 308 g/mol. The van der Waals surface area contributed by atoms with Gasteiger partial charge in [-0.1, -0.05) is 18.5 Å². The molecule has 7 nitrogen and oxygen atoms in total. The molecule has 1 fully saturated rings. The third-order valence-electron chi connectivity index (χ3n) is 3.49. The average Bonchev–Trinajstić information content (AvgIpc) is 2.84. The van der Waals surface area contributed by atoms with E-state index in [4.69, 9.17) is 22.1 Å². The van der Waals surface area contributed by atoms with Crippen molar-refractivity contribution in [2.45, 2.75) is 13.0 Å². The van der Waals surface area contributed by atoms with Crippen molar-refractivity contribution in [3.63, 3.8) is 0 Å². The van der Waals surface area contributed by atoms with Crippen LogP contribution in [0.4, 0.5) is 0 Å². The van der Waals surface area contributed by atoms with Crippen LogP contribution in [0.3, 0.4) is 0 Å². The van der Waals surface area contributed by atoms with E-state index >= 15 is 0 Å². The summed E-state index contributed by atoms with van der Waals surface area (Å²) in [6, 6.07) is 3.21. The maximum atomic E-state index is 11.9. The van der Waals surface area contributed by atoms with Crippen molar-refractivity contribution in [1.29, 1.82) is 0 Å². The number of carbonyl (C=O) groups excluding carboxylic acids is 2. The summed E-state index contributed by atoms with van der Waals surface area (Å²) in [5, 5.41) is 3.04. The lowest BCUT2D eigenvalue weighted by molar-refractivity contribution is -0.145. The Morgan fingerprint density at radius 1 is 1.50 bits per heavy atom. The second-order valence-electron chi connectivity index (χ2n) is 5.27. The molecule has 0 spiro atoms. The van der Waals surface area contributed by atoms with E-state index in [2.05, 4.69) is 10.3 Å². The minimum atomic E-state index is -0.644. The first kappa shape index (κ1) is 16.5. The van der Waals surface area contributed by atoms with Crippen LogP contribution < -0.4 is 15.8 Å². The number of nitrogens with two attached hydrogens (primary N) is 1. The third kappa shape index (κ3) is 4.32. The Hall–Kier alpha value is -1.86. The molecule has 0 bridgehead atoms. The van der Waals surface area contributed by atoms with Gasteiger partial charge in [0.05, 0.1) is 11.6 Å². The maximum Gasteiger partial charge on any atom is 0.311 e. The molecule has 0 unspecified atom stereocenters. The molecule has 2 rings (SSSR count). The Balaban J connectivity index is 1.69. The van der Waals surface area contributed by atoms with Crippen molar-refractivity contribution in [3.8, 4) is 5.88 Å². The third-order valence-corrected chi connectivity index (χ3v) is 3.71. The van der Waals surface area contributed by atoms with Crippen LogP contribution in [0.1, 0.15) is 6.92 Å². The molecule has 1 aromatic rings. The Kier molecular flexibility index (Phi) is 5.57. The summed E-state index contributed by atoms with van der Waals surface area (Å²) in [6.07, 6.45) is 1.47. The van der Waals surface area contributed by atoms with Gasteiger partial charge in [-0.2, -0.15) is 0 Å². The molecule has 2 atom stereocenters. The summed E-state index contributed by atoms with van der Waals surface area (Å²) in [6.45, 7) is 3.31. The van der Waals surface area contributed by atoms with Gasteiger partial charge in [-0.3, -0.25) is 9.59 Å². The lowest BCUT2D eigenvalue weighted by Crippen LogP contribution is -2.43. The molecule has 2 heterocycles. The number of nitrogens with one attached hydrogen (secondary N) is 1. The number of halogens is 1. The first-order chi connectivity index (χ1) is 10.5. The Morgan fingerprint density at radius 3 is 2.86 bits per heavy atom. The molecule has 0 aromatic carbocycles. The summed E-state index contributed by atoms with van der Waals surface area (Å²) >= 11 is 5.71. The highest BCUT2D eigenvalue weighted by Gasteiger charge is 2.32. The average molecular weight is 327 g/mol. The number of carbonyl (C=O) groups is 2. The van der Waals surface area contributed by atoms with Crippen molar-refractivity contribution < 1.29 is 14.3 Å². The lowest BCUT2D eigenvalue weighted by atomic mass is 10.1. The minimum Gasteiger partial charge on any atom is -0.476 e. The van der Waals surface area contributed by atoms with Crippen LogP contribution in [0.2, 0.25) is 5.02 Å². The summed E-state index contributed by atoms with van der Waals surface area (Å²) in [5.41, 5.74) is 5.84. The number of hydrogen-bond acceptors (Lipinski definition) is 5. The van der Waals surface area contributed by atoms with Gasteiger partial charge in [0.1, 0.15) is 6.61 Å². The molecule has 22 heavy (non-hydrogen) atoms. The molecule has 8 heteroatoms. The SMILES string of the molecule is C[C@@H]1CN(C(=O)C(=O)NCCOc2ccc(Cl)cn2)C[C@H]1N. The number of likely N-dealkylation sites (tertiary alicyclic amines) is 1. The second kappa shape index (κ2) is 7.42. The molecule has 120 valence electrons. The first-order valence-electron chi connectivity index (χ1n) is 7.04. The summed E-state index contributed by atoms with van der Waals surface area (Å²) in [4.78, 5) is 29.1. The van der Waals surface area contributed by atoms with Gasteiger partial charge >= 0.3 is 11.8 Å². The van der Waals surface area contributed by atoms with Crippen LogP contribution in [-0.2, 0) is 9.59 Å². The van der Waals surface area contributed by atoms with E-state index in [0.717, 1.165) is 0 Å². The van der Waals surface area contributed by atoms with Crippen LogP contribution in [0.15, 0.2) is 18.3 Å².